The topological polar surface area (TPSA) is 102 Å². The second kappa shape index (κ2) is 12.2. The standard InChI is InChI=1S/C25H27NO8S/c1-6-32-19-9-8-15(11-20(19)33-7-2)24-26-18(13-35-24)17-10-16(12-27)22(30-4)21(23(17)31-5)25(28)34-14-29-3/h8-13H,6-7,14H2,1-5H3. The van der Waals surface area contributed by atoms with Crippen LogP contribution in [-0.2, 0) is 9.47 Å². The Morgan fingerprint density at radius 2 is 1.71 bits per heavy atom. The summed E-state index contributed by atoms with van der Waals surface area (Å²) in [5.41, 5.74) is 1.91. The quantitative estimate of drug-likeness (QED) is 0.195. The Bertz CT molecular complexity index is 1190. The Morgan fingerprint density at radius 3 is 2.34 bits per heavy atom. The van der Waals surface area contributed by atoms with E-state index in [1.807, 2.05) is 37.4 Å². The summed E-state index contributed by atoms with van der Waals surface area (Å²) in [6, 6.07) is 7.17. The van der Waals surface area contributed by atoms with E-state index in [0.717, 1.165) is 5.56 Å². The Labute approximate surface area is 207 Å². The van der Waals surface area contributed by atoms with Gasteiger partial charge in [0.1, 0.15) is 22.1 Å². The van der Waals surface area contributed by atoms with E-state index in [1.165, 1.54) is 32.7 Å². The van der Waals surface area contributed by atoms with Crippen LogP contribution in [0.2, 0.25) is 0 Å². The zero-order valence-electron chi connectivity index (χ0n) is 20.2. The highest BCUT2D eigenvalue weighted by Crippen LogP contribution is 2.43. The second-order valence-electron chi connectivity index (χ2n) is 6.98. The van der Waals surface area contributed by atoms with Crippen molar-refractivity contribution in [3.63, 3.8) is 0 Å². The van der Waals surface area contributed by atoms with Gasteiger partial charge < -0.3 is 28.4 Å². The molecular weight excluding hydrogens is 474 g/mol. The minimum Gasteiger partial charge on any atom is -0.495 e. The highest BCUT2D eigenvalue weighted by atomic mass is 32.1. The van der Waals surface area contributed by atoms with Crippen LogP contribution in [0.15, 0.2) is 29.6 Å². The minimum atomic E-state index is -0.756. The number of ether oxygens (including phenoxy) is 6. The van der Waals surface area contributed by atoms with Gasteiger partial charge in [0.2, 0.25) is 0 Å². The number of esters is 1. The van der Waals surface area contributed by atoms with Crippen molar-refractivity contribution in [3.8, 4) is 44.8 Å². The Morgan fingerprint density at radius 1 is 1.00 bits per heavy atom. The predicted molar refractivity (Wildman–Crippen MR) is 131 cm³/mol. The first kappa shape index (κ1) is 26.0. The fourth-order valence-electron chi connectivity index (χ4n) is 3.46. The van der Waals surface area contributed by atoms with Crippen LogP contribution in [-0.4, -0.2) is 58.6 Å². The molecular formula is C25H27NO8S. The maximum atomic E-state index is 12.8. The number of aromatic nitrogens is 1. The van der Waals surface area contributed by atoms with E-state index in [9.17, 15) is 9.59 Å². The van der Waals surface area contributed by atoms with Crippen molar-refractivity contribution in [1.29, 1.82) is 0 Å². The van der Waals surface area contributed by atoms with Crippen LogP contribution in [0.25, 0.3) is 21.8 Å². The first-order valence-corrected chi connectivity index (χ1v) is 11.7. The molecule has 10 heteroatoms. The molecule has 0 aliphatic heterocycles. The molecule has 0 aliphatic carbocycles. The highest BCUT2D eigenvalue weighted by Gasteiger charge is 2.28. The number of carbonyl (C=O) groups is 2. The van der Waals surface area contributed by atoms with Gasteiger partial charge in [-0.05, 0) is 38.1 Å². The fraction of sp³-hybridized carbons (Fsp3) is 0.320. The summed E-state index contributed by atoms with van der Waals surface area (Å²) in [6.07, 6.45) is 0.600. The Kier molecular flexibility index (Phi) is 9.04. The summed E-state index contributed by atoms with van der Waals surface area (Å²) in [7, 11) is 4.17. The molecule has 1 heterocycles. The molecule has 0 aliphatic rings. The number of nitrogens with zero attached hydrogens (tertiary/aromatic N) is 1. The van der Waals surface area contributed by atoms with E-state index in [4.69, 9.17) is 33.4 Å². The first-order chi connectivity index (χ1) is 17.0. The molecule has 0 saturated carbocycles. The van der Waals surface area contributed by atoms with Crippen LogP contribution in [0, 0.1) is 0 Å². The normalized spacial score (nSPS) is 10.5. The smallest absolute Gasteiger partial charge is 0.347 e. The van der Waals surface area contributed by atoms with Gasteiger partial charge in [-0.2, -0.15) is 0 Å². The van der Waals surface area contributed by atoms with Crippen LogP contribution in [0.4, 0.5) is 0 Å². The average Bonchev–Trinajstić information content (AvgIpc) is 3.37. The van der Waals surface area contributed by atoms with E-state index in [2.05, 4.69) is 0 Å². The van der Waals surface area contributed by atoms with Crippen molar-refractivity contribution in [1.82, 2.24) is 4.98 Å². The molecule has 0 amide bonds. The van der Waals surface area contributed by atoms with E-state index in [1.54, 1.807) is 6.07 Å². The molecule has 9 nitrogen and oxygen atoms in total. The number of methoxy groups -OCH3 is 3. The van der Waals surface area contributed by atoms with Gasteiger partial charge in [-0.25, -0.2) is 9.78 Å². The van der Waals surface area contributed by atoms with Crippen LogP contribution in [0.3, 0.4) is 0 Å². The average molecular weight is 502 g/mol. The lowest BCUT2D eigenvalue weighted by atomic mass is 10.0. The third kappa shape index (κ3) is 5.55. The molecule has 0 bridgehead atoms. The van der Waals surface area contributed by atoms with E-state index in [0.29, 0.717) is 47.3 Å². The predicted octanol–water partition coefficient (Wildman–Crippen LogP) is 4.86. The molecule has 3 aromatic rings. The van der Waals surface area contributed by atoms with Gasteiger partial charge in [0.25, 0.3) is 0 Å². The minimum absolute atomic E-state index is 0.0269. The maximum Gasteiger partial charge on any atom is 0.347 e. The molecule has 0 fully saturated rings. The third-order valence-corrected chi connectivity index (χ3v) is 5.77. The fourth-order valence-corrected chi connectivity index (χ4v) is 4.28. The van der Waals surface area contributed by atoms with Gasteiger partial charge in [0, 0.05) is 23.6 Å². The SMILES string of the molecule is CCOc1ccc(-c2nc(-c3cc(C=O)c(OC)c(C(=O)OCOC)c3OC)cs2)cc1OCC. The molecule has 1 aromatic heterocycles. The van der Waals surface area contributed by atoms with Gasteiger partial charge >= 0.3 is 5.97 Å². The third-order valence-electron chi connectivity index (χ3n) is 4.88. The van der Waals surface area contributed by atoms with Gasteiger partial charge in [-0.15, -0.1) is 11.3 Å². The number of hydrogen-bond donors (Lipinski definition) is 0. The van der Waals surface area contributed by atoms with E-state index < -0.39 is 5.97 Å². The number of benzene rings is 2. The van der Waals surface area contributed by atoms with Crippen LogP contribution in [0.1, 0.15) is 34.6 Å². The number of carbonyl (C=O) groups excluding carboxylic acids is 2. The summed E-state index contributed by atoms with van der Waals surface area (Å²) in [4.78, 5) is 29.4. The summed E-state index contributed by atoms with van der Waals surface area (Å²) in [6.45, 7) is 4.55. The number of aldehydes is 1. The lowest BCUT2D eigenvalue weighted by Crippen LogP contribution is -2.13. The van der Waals surface area contributed by atoms with Crippen LogP contribution >= 0.6 is 11.3 Å². The maximum absolute atomic E-state index is 12.8. The lowest BCUT2D eigenvalue weighted by molar-refractivity contribution is -0.0129. The van der Waals surface area contributed by atoms with E-state index in [-0.39, 0.29) is 29.4 Å². The molecule has 0 atom stereocenters. The van der Waals surface area contributed by atoms with Gasteiger partial charge in [0.05, 0.1) is 38.7 Å². The molecule has 0 spiro atoms. The molecule has 0 saturated heterocycles. The molecule has 0 N–H and O–H groups in total. The largest absolute Gasteiger partial charge is 0.495 e. The molecule has 3 rings (SSSR count). The number of rotatable bonds is 12. The van der Waals surface area contributed by atoms with Gasteiger partial charge in [-0.3, -0.25) is 4.79 Å². The highest BCUT2D eigenvalue weighted by molar-refractivity contribution is 7.13. The number of hydrogen-bond acceptors (Lipinski definition) is 10. The summed E-state index contributed by atoms with van der Waals surface area (Å²) in [5.74, 6) is 0.740. The van der Waals surface area contributed by atoms with E-state index >= 15 is 0 Å². The van der Waals surface area contributed by atoms with Crippen molar-refractivity contribution >= 4 is 23.6 Å². The zero-order valence-corrected chi connectivity index (χ0v) is 21.0. The first-order valence-electron chi connectivity index (χ1n) is 10.8. The van der Waals surface area contributed by atoms with Crippen molar-refractivity contribution in [2.45, 2.75) is 13.8 Å². The molecule has 0 unspecified atom stereocenters. The van der Waals surface area contributed by atoms with Crippen LogP contribution < -0.4 is 18.9 Å². The Balaban J connectivity index is 2.12. The Hall–Kier alpha value is -3.63. The molecule has 35 heavy (non-hydrogen) atoms. The molecule has 186 valence electrons. The van der Waals surface area contributed by atoms with Gasteiger partial charge in [0.15, 0.2) is 24.6 Å². The summed E-state index contributed by atoms with van der Waals surface area (Å²) >= 11 is 1.40. The van der Waals surface area contributed by atoms with Gasteiger partial charge in [-0.1, -0.05) is 0 Å². The van der Waals surface area contributed by atoms with Crippen molar-refractivity contribution in [2.75, 3.05) is 41.3 Å². The van der Waals surface area contributed by atoms with Crippen LogP contribution in [0.5, 0.6) is 23.0 Å². The summed E-state index contributed by atoms with van der Waals surface area (Å²) < 4.78 is 32.2. The van der Waals surface area contributed by atoms with Crippen molar-refractivity contribution in [2.24, 2.45) is 0 Å². The monoisotopic (exact) mass is 501 g/mol. The lowest BCUT2D eigenvalue weighted by Gasteiger charge is -2.17. The number of thiazole rings is 1. The molecule has 2 aromatic carbocycles. The second-order valence-corrected chi connectivity index (χ2v) is 7.83. The summed E-state index contributed by atoms with van der Waals surface area (Å²) in [5, 5.41) is 2.52. The molecule has 0 radical (unpaired) electrons. The zero-order chi connectivity index (χ0) is 25.4. The van der Waals surface area contributed by atoms with Crippen molar-refractivity contribution < 1.29 is 38.0 Å². The van der Waals surface area contributed by atoms with Crippen molar-refractivity contribution in [3.05, 3.63) is 40.8 Å².